The number of methoxy groups -OCH3 is 1. The van der Waals surface area contributed by atoms with E-state index in [4.69, 9.17) is 4.74 Å². The van der Waals surface area contributed by atoms with E-state index in [9.17, 15) is 24.3 Å². The third kappa shape index (κ3) is 4.93. The molecule has 0 bridgehead atoms. The molecule has 4 N–H and O–H groups in total. The van der Waals surface area contributed by atoms with Gasteiger partial charge in [0.2, 0.25) is 5.78 Å². The molecular formula is C25H25N3O6. The number of Topliss-reactive ketones (excluding diaryl/α,β-unsaturated/α-hetero) is 2. The van der Waals surface area contributed by atoms with Crippen molar-refractivity contribution < 1.29 is 29.0 Å². The Morgan fingerprint density at radius 2 is 1.91 bits per heavy atom. The first kappa shape index (κ1) is 23.0. The molecule has 2 amide bonds. The van der Waals surface area contributed by atoms with Gasteiger partial charge in [-0.05, 0) is 46.9 Å². The fraction of sp³-hybridized carbons (Fsp3) is 0.280. The standard InChI is InChI=1S/C25H25N3O6/c1-34-18-10-16(14-5-3-2-4-6-14)9-17(11-18)19(13-21(30)31)27-25(33)28-23-20(29)12-15-7-8-26-22(15)24(23)32/h2-6,9-11,19,23,26H,7-8,12-13H2,1H3,(H,30,31)(H2,27,28,33). The van der Waals surface area contributed by atoms with E-state index in [-0.39, 0.29) is 12.2 Å². The van der Waals surface area contributed by atoms with Crippen molar-refractivity contribution in [2.45, 2.75) is 31.3 Å². The van der Waals surface area contributed by atoms with E-state index in [1.54, 1.807) is 12.1 Å². The van der Waals surface area contributed by atoms with Gasteiger partial charge in [0.15, 0.2) is 11.8 Å². The number of ether oxygens (including phenoxy) is 1. The van der Waals surface area contributed by atoms with Gasteiger partial charge in [0.25, 0.3) is 0 Å². The molecule has 1 aliphatic carbocycles. The van der Waals surface area contributed by atoms with Crippen LogP contribution in [0.15, 0.2) is 59.8 Å². The minimum absolute atomic E-state index is 0.105. The van der Waals surface area contributed by atoms with Crippen LogP contribution in [-0.2, 0) is 14.4 Å². The van der Waals surface area contributed by atoms with Gasteiger partial charge in [-0.1, -0.05) is 30.3 Å². The zero-order chi connectivity index (χ0) is 24.2. The topological polar surface area (TPSA) is 134 Å². The monoisotopic (exact) mass is 463 g/mol. The molecule has 2 aromatic rings. The largest absolute Gasteiger partial charge is 0.497 e. The van der Waals surface area contributed by atoms with Crippen molar-refractivity contribution in [3.63, 3.8) is 0 Å². The summed E-state index contributed by atoms with van der Waals surface area (Å²) in [5.74, 6) is -1.48. The Kier molecular flexibility index (Phi) is 6.62. The first-order valence-corrected chi connectivity index (χ1v) is 10.9. The Bertz CT molecular complexity index is 1170. The fourth-order valence-corrected chi connectivity index (χ4v) is 4.27. The van der Waals surface area contributed by atoms with Gasteiger partial charge in [0.1, 0.15) is 5.75 Å². The van der Waals surface area contributed by atoms with E-state index in [1.165, 1.54) is 7.11 Å². The smallest absolute Gasteiger partial charge is 0.316 e. The van der Waals surface area contributed by atoms with Crippen molar-refractivity contribution >= 4 is 23.6 Å². The molecule has 4 rings (SSSR count). The average Bonchev–Trinajstić information content (AvgIpc) is 3.30. The summed E-state index contributed by atoms with van der Waals surface area (Å²) in [7, 11) is 1.50. The second kappa shape index (κ2) is 9.78. The number of hydrogen-bond acceptors (Lipinski definition) is 6. The predicted octanol–water partition coefficient (Wildman–Crippen LogP) is 2.34. The van der Waals surface area contributed by atoms with Crippen molar-refractivity contribution in [2.75, 3.05) is 13.7 Å². The summed E-state index contributed by atoms with van der Waals surface area (Å²) in [6.45, 7) is 0.586. The van der Waals surface area contributed by atoms with Crippen LogP contribution in [0.4, 0.5) is 4.79 Å². The van der Waals surface area contributed by atoms with E-state index in [2.05, 4.69) is 16.0 Å². The number of carboxylic acid groups (broad SMARTS) is 1. The van der Waals surface area contributed by atoms with Gasteiger partial charge in [0, 0.05) is 13.0 Å². The van der Waals surface area contributed by atoms with Gasteiger partial charge >= 0.3 is 12.0 Å². The van der Waals surface area contributed by atoms with Gasteiger partial charge in [-0.25, -0.2) is 4.79 Å². The highest BCUT2D eigenvalue weighted by atomic mass is 16.5. The third-order valence-corrected chi connectivity index (χ3v) is 5.93. The van der Waals surface area contributed by atoms with Crippen molar-refractivity contribution in [3.05, 3.63) is 65.4 Å². The Morgan fingerprint density at radius 3 is 2.62 bits per heavy atom. The fourth-order valence-electron chi connectivity index (χ4n) is 4.27. The maximum atomic E-state index is 12.8. The Balaban J connectivity index is 1.57. The lowest BCUT2D eigenvalue weighted by atomic mass is 9.90. The normalized spacial score (nSPS) is 18.1. The second-order valence-electron chi connectivity index (χ2n) is 8.22. The first-order chi connectivity index (χ1) is 16.4. The van der Waals surface area contributed by atoms with Crippen molar-refractivity contribution in [1.29, 1.82) is 0 Å². The number of ketones is 2. The number of amides is 2. The molecular weight excluding hydrogens is 438 g/mol. The average molecular weight is 463 g/mol. The molecule has 0 spiro atoms. The molecule has 0 saturated heterocycles. The van der Waals surface area contributed by atoms with Crippen LogP contribution in [0.1, 0.15) is 30.9 Å². The van der Waals surface area contributed by atoms with Gasteiger partial charge in [-0.2, -0.15) is 0 Å². The lowest BCUT2D eigenvalue weighted by molar-refractivity contribution is -0.137. The minimum Gasteiger partial charge on any atom is -0.497 e. The number of aliphatic carboxylic acids is 1. The number of carbonyl (C=O) groups is 4. The maximum absolute atomic E-state index is 12.8. The van der Waals surface area contributed by atoms with Gasteiger partial charge in [-0.15, -0.1) is 0 Å². The number of nitrogens with one attached hydrogen (secondary N) is 3. The summed E-state index contributed by atoms with van der Waals surface area (Å²) in [6, 6.07) is 11.7. The zero-order valence-corrected chi connectivity index (χ0v) is 18.6. The summed E-state index contributed by atoms with van der Waals surface area (Å²) < 4.78 is 5.39. The molecule has 2 unspecified atom stereocenters. The van der Waals surface area contributed by atoms with Crippen molar-refractivity contribution in [3.8, 4) is 16.9 Å². The summed E-state index contributed by atoms with van der Waals surface area (Å²) in [4.78, 5) is 49.5. The number of carboxylic acids is 1. The highest BCUT2D eigenvalue weighted by Gasteiger charge is 2.39. The number of benzene rings is 2. The van der Waals surface area contributed by atoms with Crippen molar-refractivity contribution in [1.82, 2.24) is 16.0 Å². The maximum Gasteiger partial charge on any atom is 0.316 e. The summed E-state index contributed by atoms with van der Waals surface area (Å²) in [5.41, 5.74) is 3.36. The second-order valence-corrected chi connectivity index (χ2v) is 8.22. The summed E-state index contributed by atoms with van der Waals surface area (Å²) >= 11 is 0. The molecule has 2 atom stereocenters. The molecule has 0 saturated carbocycles. The molecule has 1 aliphatic heterocycles. The van der Waals surface area contributed by atoms with E-state index >= 15 is 0 Å². The lowest BCUT2D eigenvalue weighted by Gasteiger charge is -2.24. The quantitative estimate of drug-likeness (QED) is 0.463. The number of carbonyl (C=O) groups excluding carboxylic acids is 3. The molecule has 34 heavy (non-hydrogen) atoms. The zero-order valence-electron chi connectivity index (χ0n) is 18.6. The van der Waals surface area contributed by atoms with Crippen LogP contribution in [-0.4, -0.2) is 48.4 Å². The highest BCUT2D eigenvalue weighted by Crippen LogP contribution is 2.30. The minimum atomic E-state index is -1.31. The molecule has 2 aliphatic rings. The van der Waals surface area contributed by atoms with Crippen LogP contribution in [0.5, 0.6) is 5.75 Å². The van der Waals surface area contributed by atoms with Crippen LogP contribution in [0.25, 0.3) is 11.1 Å². The molecule has 0 radical (unpaired) electrons. The number of urea groups is 1. The van der Waals surface area contributed by atoms with Gasteiger partial charge in [0.05, 0.1) is 25.3 Å². The lowest BCUT2D eigenvalue weighted by Crippen LogP contribution is -2.53. The summed E-state index contributed by atoms with van der Waals surface area (Å²) in [6.07, 6.45) is 0.331. The molecule has 2 aromatic carbocycles. The molecule has 1 heterocycles. The number of hydrogen-bond donors (Lipinski definition) is 4. The highest BCUT2D eigenvalue weighted by molar-refractivity contribution is 6.18. The molecule has 9 nitrogen and oxygen atoms in total. The summed E-state index contributed by atoms with van der Waals surface area (Å²) in [5, 5.41) is 17.5. The first-order valence-electron chi connectivity index (χ1n) is 10.9. The van der Waals surface area contributed by atoms with Crippen LogP contribution in [0.2, 0.25) is 0 Å². The molecule has 176 valence electrons. The van der Waals surface area contributed by atoms with E-state index in [0.29, 0.717) is 30.0 Å². The molecule has 0 aromatic heterocycles. The van der Waals surface area contributed by atoms with Crippen LogP contribution in [0, 0.1) is 0 Å². The van der Waals surface area contributed by atoms with Gasteiger partial charge < -0.3 is 25.8 Å². The van der Waals surface area contributed by atoms with Crippen LogP contribution in [0.3, 0.4) is 0 Å². The van der Waals surface area contributed by atoms with Gasteiger partial charge in [-0.3, -0.25) is 14.4 Å². The third-order valence-electron chi connectivity index (χ3n) is 5.93. The predicted molar refractivity (Wildman–Crippen MR) is 123 cm³/mol. The Morgan fingerprint density at radius 1 is 1.15 bits per heavy atom. The van der Waals surface area contributed by atoms with Crippen LogP contribution < -0.4 is 20.7 Å². The van der Waals surface area contributed by atoms with E-state index < -0.39 is 36.3 Å². The SMILES string of the molecule is COc1cc(-c2ccccc2)cc(C(CC(=O)O)NC(=O)NC2C(=O)CC3=C(NCC3)C2=O)c1. The van der Waals surface area contributed by atoms with Crippen molar-refractivity contribution in [2.24, 2.45) is 0 Å². The van der Waals surface area contributed by atoms with E-state index in [0.717, 1.165) is 16.7 Å². The Labute approximate surface area is 196 Å². The molecule has 0 fully saturated rings. The van der Waals surface area contributed by atoms with Crippen LogP contribution >= 0.6 is 0 Å². The number of rotatable bonds is 7. The van der Waals surface area contributed by atoms with E-state index in [1.807, 2.05) is 36.4 Å². The Hall–Kier alpha value is -4.14. The molecule has 9 heteroatoms.